The molecule has 0 aliphatic rings. The smallest absolute Gasteiger partial charge is 0.139 e. The monoisotopic (exact) mass is 272 g/mol. The van der Waals surface area contributed by atoms with Crippen molar-refractivity contribution < 1.29 is 10.2 Å². The molecule has 2 rings (SSSR count). The van der Waals surface area contributed by atoms with Gasteiger partial charge in [-0.1, -0.05) is 0 Å². The summed E-state index contributed by atoms with van der Waals surface area (Å²) in [6, 6.07) is 0. The molecule has 106 valence electrons. The van der Waals surface area contributed by atoms with Gasteiger partial charge >= 0.3 is 0 Å². The summed E-state index contributed by atoms with van der Waals surface area (Å²) in [4.78, 5) is 8.96. The van der Waals surface area contributed by atoms with E-state index in [4.69, 9.17) is 0 Å². The van der Waals surface area contributed by atoms with E-state index in [1.165, 1.54) is 0 Å². The van der Waals surface area contributed by atoms with Gasteiger partial charge in [0.15, 0.2) is 0 Å². The molecule has 0 radical (unpaired) electrons. The highest BCUT2D eigenvalue weighted by atomic mass is 16.3. The summed E-state index contributed by atoms with van der Waals surface area (Å²) in [6.07, 6.45) is 0. The molecular weight excluding hydrogens is 252 g/mol. The van der Waals surface area contributed by atoms with E-state index in [-0.39, 0.29) is 11.5 Å². The lowest BCUT2D eigenvalue weighted by atomic mass is 9.99. The van der Waals surface area contributed by atoms with Crippen molar-refractivity contribution >= 4 is 0 Å². The van der Waals surface area contributed by atoms with Gasteiger partial charge < -0.3 is 10.2 Å². The molecule has 0 spiro atoms. The van der Waals surface area contributed by atoms with Gasteiger partial charge in [0.05, 0.1) is 22.8 Å². The van der Waals surface area contributed by atoms with Crippen LogP contribution < -0.4 is 0 Å². The number of hydrogen-bond donors (Lipinski definition) is 2. The molecule has 0 aliphatic heterocycles. The summed E-state index contributed by atoms with van der Waals surface area (Å²) in [6.45, 7) is 11.2. The quantitative estimate of drug-likeness (QED) is 0.835. The number of rotatable bonds is 1. The van der Waals surface area contributed by atoms with Crippen molar-refractivity contribution in [3.8, 4) is 22.9 Å². The predicted octanol–water partition coefficient (Wildman–Crippen LogP) is 3.41. The molecule has 20 heavy (non-hydrogen) atoms. The molecule has 2 N–H and O–H groups in total. The Morgan fingerprint density at radius 2 is 0.850 bits per heavy atom. The summed E-state index contributed by atoms with van der Waals surface area (Å²) < 4.78 is 0. The molecular formula is C16H20N2O2. The Kier molecular flexibility index (Phi) is 3.42. The van der Waals surface area contributed by atoms with E-state index in [2.05, 4.69) is 9.97 Å². The zero-order chi connectivity index (χ0) is 15.2. The van der Waals surface area contributed by atoms with E-state index in [0.29, 0.717) is 11.4 Å². The van der Waals surface area contributed by atoms with Crippen molar-refractivity contribution in [3.05, 3.63) is 33.6 Å². The summed E-state index contributed by atoms with van der Waals surface area (Å²) in [7, 11) is 0. The first-order chi connectivity index (χ1) is 9.25. The number of aryl methyl sites for hydroxylation is 2. The van der Waals surface area contributed by atoms with Crippen molar-refractivity contribution in [2.75, 3.05) is 0 Å². The maximum absolute atomic E-state index is 9.96. The van der Waals surface area contributed by atoms with Gasteiger partial charge in [-0.15, -0.1) is 0 Å². The van der Waals surface area contributed by atoms with E-state index < -0.39 is 0 Å². The third kappa shape index (κ3) is 2.01. The van der Waals surface area contributed by atoms with Gasteiger partial charge in [0.25, 0.3) is 0 Å². The second-order valence-electron chi connectivity index (χ2n) is 5.29. The first kappa shape index (κ1) is 14.3. The molecule has 0 saturated heterocycles. The van der Waals surface area contributed by atoms with E-state index >= 15 is 0 Å². The minimum absolute atomic E-state index is 0.233. The van der Waals surface area contributed by atoms with Crippen LogP contribution in [0, 0.1) is 41.5 Å². The summed E-state index contributed by atoms with van der Waals surface area (Å²) in [5, 5.41) is 19.9. The Labute approximate surface area is 119 Å². The van der Waals surface area contributed by atoms with Gasteiger partial charge in [0.1, 0.15) is 11.5 Å². The Balaban J connectivity index is 2.83. The lowest BCUT2D eigenvalue weighted by Crippen LogP contribution is -2.02. The molecule has 4 nitrogen and oxygen atoms in total. The number of nitrogens with zero attached hydrogens (tertiary/aromatic N) is 2. The third-order valence-corrected chi connectivity index (χ3v) is 4.01. The zero-order valence-electron chi connectivity index (χ0n) is 12.8. The van der Waals surface area contributed by atoms with Crippen LogP contribution in [0.4, 0.5) is 0 Å². The van der Waals surface area contributed by atoms with Crippen LogP contribution in [0.2, 0.25) is 0 Å². The second-order valence-corrected chi connectivity index (χ2v) is 5.29. The maximum atomic E-state index is 9.96. The Morgan fingerprint density at radius 1 is 0.550 bits per heavy atom. The van der Waals surface area contributed by atoms with Gasteiger partial charge in [-0.05, 0) is 63.8 Å². The molecule has 0 fully saturated rings. The number of pyridine rings is 2. The predicted molar refractivity (Wildman–Crippen MR) is 79.2 cm³/mol. The Morgan fingerprint density at radius 3 is 1.15 bits per heavy atom. The molecule has 0 saturated carbocycles. The minimum atomic E-state index is 0.233. The van der Waals surface area contributed by atoms with Crippen molar-refractivity contribution in [1.29, 1.82) is 0 Å². The zero-order valence-corrected chi connectivity index (χ0v) is 12.8. The largest absolute Gasteiger partial charge is 0.506 e. The number of aromatic nitrogens is 2. The first-order valence-corrected chi connectivity index (χ1v) is 6.59. The van der Waals surface area contributed by atoms with Crippen molar-refractivity contribution in [1.82, 2.24) is 9.97 Å². The molecule has 0 atom stereocenters. The summed E-state index contributed by atoms with van der Waals surface area (Å²) in [5.74, 6) is 0.465. The fraction of sp³-hybridized carbons (Fsp3) is 0.375. The van der Waals surface area contributed by atoms with Crippen LogP contribution in [0.1, 0.15) is 33.6 Å². The topological polar surface area (TPSA) is 66.2 Å². The Hall–Kier alpha value is -2.10. The van der Waals surface area contributed by atoms with Crippen molar-refractivity contribution in [3.63, 3.8) is 0 Å². The lowest BCUT2D eigenvalue weighted by molar-refractivity contribution is 0.461. The fourth-order valence-corrected chi connectivity index (χ4v) is 2.32. The fourth-order valence-electron chi connectivity index (χ4n) is 2.32. The second kappa shape index (κ2) is 4.78. The van der Waals surface area contributed by atoms with E-state index in [0.717, 1.165) is 33.6 Å². The molecule has 0 aromatic carbocycles. The third-order valence-electron chi connectivity index (χ3n) is 4.01. The average Bonchev–Trinajstić information content (AvgIpc) is 2.42. The van der Waals surface area contributed by atoms with E-state index in [1.54, 1.807) is 13.8 Å². The highest BCUT2D eigenvalue weighted by molar-refractivity contribution is 5.68. The van der Waals surface area contributed by atoms with Crippen LogP contribution in [0.25, 0.3) is 11.4 Å². The standard InChI is InChI=1S/C16H20N2O2/c1-7-9(3)15(19)11(5)17-13(7)14-8(2)10(4)16(20)12(6)18-14/h19-20H,1-6H3. The van der Waals surface area contributed by atoms with Crippen LogP contribution in [0.15, 0.2) is 0 Å². The van der Waals surface area contributed by atoms with Gasteiger partial charge in [-0.3, -0.25) is 0 Å². The van der Waals surface area contributed by atoms with Gasteiger partial charge in [0, 0.05) is 0 Å². The lowest BCUT2D eigenvalue weighted by Gasteiger charge is -2.16. The first-order valence-electron chi connectivity index (χ1n) is 6.59. The van der Waals surface area contributed by atoms with Crippen LogP contribution in [-0.2, 0) is 0 Å². The van der Waals surface area contributed by atoms with Crippen LogP contribution >= 0.6 is 0 Å². The van der Waals surface area contributed by atoms with Crippen LogP contribution in [0.3, 0.4) is 0 Å². The summed E-state index contributed by atoms with van der Waals surface area (Å²) in [5.41, 5.74) is 6.17. The molecule has 0 bridgehead atoms. The molecule has 2 heterocycles. The molecule has 2 aromatic heterocycles. The van der Waals surface area contributed by atoms with Gasteiger partial charge in [-0.25, -0.2) is 9.97 Å². The van der Waals surface area contributed by atoms with Crippen molar-refractivity contribution in [2.24, 2.45) is 0 Å². The minimum Gasteiger partial charge on any atom is -0.506 e. The number of hydrogen-bond acceptors (Lipinski definition) is 4. The molecule has 2 aromatic rings. The summed E-state index contributed by atoms with van der Waals surface area (Å²) >= 11 is 0. The molecule has 0 aliphatic carbocycles. The van der Waals surface area contributed by atoms with Gasteiger partial charge in [-0.2, -0.15) is 0 Å². The molecule has 4 heteroatoms. The van der Waals surface area contributed by atoms with Crippen LogP contribution in [0.5, 0.6) is 11.5 Å². The van der Waals surface area contributed by atoms with Gasteiger partial charge in [0.2, 0.25) is 0 Å². The van der Waals surface area contributed by atoms with Crippen molar-refractivity contribution in [2.45, 2.75) is 41.5 Å². The Bertz CT molecular complexity index is 645. The highest BCUT2D eigenvalue weighted by Gasteiger charge is 2.18. The van der Waals surface area contributed by atoms with E-state index in [1.807, 2.05) is 27.7 Å². The van der Waals surface area contributed by atoms with Crippen LogP contribution in [-0.4, -0.2) is 20.2 Å². The molecule has 0 unspecified atom stereocenters. The maximum Gasteiger partial charge on any atom is 0.139 e. The highest BCUT2D eigenvalue weighted by Crippen LogP contribution is 2.34. The normalized spacial score (nSPS) is 10.9. The number of aromatic hydroxyl groups is 2. The average molecular weight is 272 g/mol. The van der Waals surface area contributed by atoms with E-state index in [9.17, 15) is 10.2 Å². The SMILES string of the molecule is Cc1nc(-c2nc(C)c(O)c(C)c2C)c(C)c(C)c1O. The molecule has 0 amide bonds.